The Morgan fingerprint density at radius 2 is 1.74 bits per heavy atom. The van der Waals surface area contributed by atoms with E-state index in [0.29, 0.717) is 6.10 Å². The molecule has 19 heavy (non-hydrogen) atoms. The third-order valence-electron chi connectivity index (χ3n) is 4.42. The van der Waals surface area contributed by atoms with Crippen LogP contribution < -0.4 is 10.5 Å². The van der Waals surface area contributed by atoms with Crippen LogP contribution in [-0.2, 0) is 0 Å². The molecule has 2 heteroatoms. The SMILES string of the molecule is CCC1CCC(Oc2ccc([C@H](N)CC)cc2)CC1. The Kier molecular flexibility index (Phi) is 5.26. The summed E-state index contributed by atoms with van der Waals surface area (Å²) in [5.41, 5.74) is 7.22. The van der Waals surface area contributed by atoms with Crippen molar-refractivity contribution in [2.24, 2.45) is 11.7 Å². The van der Waals surface area contributed by atoms with E-state index in [2.05, 4.69) is 38.1 Å². The maximum absolute atomic E-state index is 6.08. The Balaban J connectivity index is 1.86. The molecule has 1 aliphatic carbocycles. The van der Waals surface area contributed by atoms with E-state index in [-0.39, 0.29) is 6.04 Å². The van der Waals surface area contributed by atoms with E-state index in [4.69, 9.17) is 10.5 Å². The second-order valence-electron chi connectivity index (χ2n) is 5.75. The zero-order valence-electron chi connectivity index (χ0n) is 12.3. The fourth-order valence-electron chi connectivity index (χ4n) is 2.88. The highest BCUT2D eigenvalue weighted by atomic mass is 16.5. The summed E-state index contributed by atoms with van der Waals surface area (Å²) in [5, 5.41) is 0. The third kappa shape index (κ3) is 3.97. The number of ether oxygens (including phenoxy) is 1. The summed E-state index contributed by atoms with van der Waals surface area (Å²) in [7, 11) is 0. The Morgan fingerprint density at radius 1 is 1.11 bits per heavy atom. The van der Waals surface area contributed by atoms with Crippen LogP contribution in [0.4, 0.5) is 0 Å². The number of rotatable bonds is 5. The van der Waals surface area contributed by atoms with Crippen molar-refractivity contribution in [3.63, 3.8) is 0 Å². The van der Waals surface area contributed by atoms with E-state index in [0.717, 1.165) is 18.1 Å². The van der Waals surface area contributed by atoms with Crippen LogP contribution in [-0.4, -0.2) is 6.10 Å². The first-order chi connectivity index (χ1) is 9.22. The van der Waals surface area contributed by atoms with Gasteiger partial charge in [0.25, 0.3) is 0 Å². The van der Waals surface area contributed by atoms with Crippen molar-refractivity contribution in [3.8, 4) is 5.75 Å². The molecule has 0 amide bonds. The van der Waals surface area contributed by atoms with Crippen molar-refractivity contribution in [1.29, 1.82) is 0 Å². The van der Waals surface area contributed by atoms with Gasteiger partial charge in [-0.25, -0.2) is 0 Å². The minimum Gasteiger partial charge on any atom is -0.490 e. The van der Waals surface area contributed by atoms with Crippen molar-refractivity contribution >= 4 is 0 Å². The molecule has 1 aromatic rings. The van der Waals surface area contributed by atoms with Crippen molar-refractivity contribution in [2.45, 2.75) is 64.5 Å². The van der Waals surface area contributed by atoms with Crippen LogP contribution in [0.2, 0.25) is 0 Å². The van der Waals surface area contributed by atoms with Gasteiger partial charge in [-0.2, -0.15) is 0 Å². The largest absolute Gasteiger partial charge is 0.490 e. The van der Waals surface area contributed by atoms with Crippen LogP contribution in [0, 0.1) is 5.92 Å². The average Bonchev–Trinajstić information content (AvgIpc) is 2.48. The monoisotopic (exact) mass is 261 g/mol. The van der Waals surface area contributed by atoms with Crippen molar-refractivity contribution < 1.29 is 4.74 Å². The molecule has 0 unspecified atom stereocenters. The highest BCUT2D eigenvalue weighted by Crippen LogP contribution is 2.29. The summed E-state index contributed by atoms with van der Waals surface area (Å²) in [6.07, 6.45) is 7.74. The molecule has 0 aliphatic heterocycles. The van der Waals surface area contributed by atoms with Crippen LogP contribution in [0.25, 0.3) is 0 Å². The van der Waals surface area contributed by atoms with Crippen molar-refractivity contribution in [3.05, 3.63) is 29.8 Å². The first-order valence-corrected chi connectivity index (χ1v) is 7.75. The molecule has 1 aromatic carbocycles. The quantitative estimate of drug-likeness (QED) is 0.850. The summed E-state index contributed by atoms with van der Waals surface area (Å²) in [4.78, 5) is 0. The standard InChI is InChI=1S/C17H27NO/c1-3-13-5-9-15(10-6-13)19-16-11-7-14(8-12-16)17(18)4-2/h7-8,11-13,15,17H,3-6,9-10,18H2,1-2H3/t13?,15?,17-/m1/s1. The lowest BCUT2D eigenvalue weighted by molar-refractivity contribution is 0.130. The van der Waals surface area contributed by atoms with Crippen LogP contribution in [0.5, 0.6) is 5.75 Å². The molecule has 0 spiro atoms. The van der Waals surface area contributed by atoms with E-state index >= 15 is 0 Å². The molecule has 0 heterocycles. The number of hydrogen-bond acceptors (Lipinski definition) is 2. The lowest BCUT2D eigenvalue weighted by Gasteiger charge is -2.28. The van der Waals surface area contributed by atoms with Gasteiger partial charge in [-0.15, -0.1) is 0 Å². The summed E-state index contributed by atoms with van der Waals surface area (Å²) < 4.78 is 6.08. The summed E-state index contributed by atoms with van der Waals surface area (Å²) in [5.74, 6) is 1.91. The van der Waals surface area contributed by atoms with E-state index in [1.54, 1.807) is 0 Å². The van der Waals surface area contributed by atoms with Gasteiger partial charge in [-0.1, -0.05) is 32.4 Å². The van der Waals surface area contributed by atoms with Crippen molar-refractivity contribution in [1.82, 2.24) is 0 Å². The second-order valence-corrected chi connectivity index (χ2v) is 5.75. The van der Waals surface area contributed by atoms with E-state index in [9.17, 15) is 0 Å². The topological polar surface area (TPSA) is 35.2 Å². The minimum absolute atomic E-state index is 0.147. The molecule has 106 valence electrons. The van der Waals surface area contributed by atoms with Gasteiger partial charge in [0.15, 0.2) is 0 Å². The van der Waals surface area contributed by atoms with Gasteiger partial charge in [-0.3, -0.25) is 0 Å². The molecule has 1 saturated carbocycles. The normalized spacial score (nSPS) is 25.0. The van der Waals surface area contributed by atoms with Crippen LogP contribution in [0.15, 0.2) is 24.3 Å². The Labute approximate surface area is 117 Å². The summed E-state index contributed by atoms with van der Waals surface area (Å²) in [6.45, 7) is 4.41. The van der Waals surface area contributed by atoms with Crippen molar-refractivity contribution in [2.75, 3.05) is 0 Å². The van der Waals surface area contributed by atoms with Crippen LogP contribution >= 0.6 is 0 Å². The van der Waals surface area contributed by atoms with Gasteiger partial charge in [-0.05, 0) is 55.7 Å². The molecule has 2 nitrogen and oxygen atoms in total. The van der Waals surface area contributed by atoms with Gasteiger partial charge in [0, 0.05) is 6.04 Å². The van der Waals surface area contributed by atoms with Gasteiger partial charge >= 0.3 is 0 Å². The second kappa shape index (κ2) is 6.95. The van der Waals surface area contributed by atoms with E-state index in [1.165, 1.54) is 37.7 Å². The molecule has 2 rings (SSSR count). The van der Waals surface area contributed by atoms with Crippen LogP contribution in [0.1, 0.15) is 64.0 Å². The van der Waals surface area contributed by atoms with Gasteiger partial charge in [0.05, 0.1) is 6.10 Å². The van der Waals surface area contributed by atoms with E-state index < -0.39 is 0 Å². The molecule has 0 bridgehead atoms. The average molecular weight is 261 g/mol. The number of hydrogen-bond donors (Lipinski definition) is 1. The maximum atomic E-state index is 6.08. The number of benzene rings is 1. The zero-order valence-corrected chi connectivity index (χ0v) is 12.3. The fourth-order valence-corrected chi connectivity index (χ4v) is 2.88. The molecular formula is C17H27NO. The molecule has 0 aromatic heterocycles. The third-order valence-corrected chi connectivity index (χ3v) is 4.42. The predicted molar refractivity (Wildman–Crippen MR) is 80.3 cm³/mol. The van der Waals surface area contributed by atoms with E-state index in [1.807, 2.05) is 0 Å². The summed E-state index contributed by atoms with van der Waals surface area (Å²) in [6, 6.07) is 8.48. The molecule has 2 N–H and O–H groups in total. The highest BCUT2D eigenvalue weighted by Gasteiger charge is 2.21. The predicted octanol–water partition coefficient (Wildman–Crippen LogP) is 4.44. The Bertz CT molecular complexity index is 365. The molecule has 1 aliphatic rings. The first kappa shape index (κ1) is 14.4. The zero-order chi connectivity index (χ0) is 13.7. The van der Waals surface area contributed by atoms with Gasteiger partial charge in [0.1, 0.15) is 5.75 Å². The fraction of sp³-hybridized carbons (Fsp3) is 0.647. The highest BCUT2D eigenvalue weighted by molar-refractivity contribution is 5.29. The molecule has 1 fully saturated rings. The Morgan fingerprint density at radius 3 is 2.26 bits per heavy atom. The first-order valence-electron chi connectivity index (χ1n) is 7.75. The van der Waals surface area contributed by atoms with Gasteiger partial charge < -0.3 is 10.5 Å². The lowest BCUT2D eigenvalue weighted by atomic mass is 9.86. The summed E-state index contributed by atoms with van der Waals surface area (Å²) >= 11 is 0. The van der Waals surface area contributed by atoms with Gasteiger partial charge in [0.2, 0.25) is 0 Å². The van der Waals surface area contributed by atoms with Crippen LogP contribution in [0.3, 0.4) is 0 Å². The molecule has 1 atom stereocenters. The molecule has 0 radical (unpaired) electrons. The Hall–Kier alpha value is -1.02. The smallest absolute Gasteiger partial charge is 0.119 e. The lowest BCUT2D eigenvalue weighted by Crippen LogP contribution is -2.23. The molecule has 0 saturated heterocycles. The minimum atomic E-state index is 0.147. The number of nitrogens with two attached hydrogens (primary N) is 1. The molecular weight excluding hydrogens is 234 g/mol. The maximum Gasteiger partial charge on any atom is 0.119 e.